The van der Waals surface area contributed by atoms with E-state index in [0.717, 1.165) is 0 Å². The minimum Gasteiger partial charge on any atom is -0.207 e. The maximum Gasteiger partial charge on any atom is 0.250 e. The molecule has 5 nitrogen and oxygen atoms in total. The van der Waals surface area contributed by atoms with Crippen molar-refractivity contribution in [2.24, 2.45) is 0 Å². The summed E-state index contributed by atoms with van der Waals surface area (Å²) in [5.41, 5.74) is 0. The average molecular weight is 501 g/mol. The molecule has 0 aliphatic heterocycles. The molecule has 0 saturated heterocycles. The predicted octanol–water partition coefficient (Wildman–Crippen LogP) is 4.49. The lowest BCUT2D eigenvalue weighted by molar-refractivity contribution is 0.547. The van der Waals surface area contributed by atoms with Crippen molar-refractivity contribution in [1.82, 2.24) is 3.38 Å². The standard InChI is InChI=1S/C20H19Cl2NO4S2Si/c1-30(2,20-6-4-3-5-7-20)23(28(24,25)18-12-8-16(21)9-13-18)29(26,27)19-14-10-17(22)11-15-19/h3-15H,1-2H3. The van der Waals surface area contributed by atoms with E-state index in [1.54, 1.807) is 43.4 Å². The molecule has 0 amide bonds. The number of sulfonamides is 2. The third kappa shape index (κ3) is 4.34. The van der Waals surface area contributed by atoms with Crippen LogP contribution in [0.4, 0.5) is 0 Å². The second-order valence-corrected chi connectivity index (χ2v) is 16.5. The van der Waals surface area contributed by atoms with Crippen LogP contribution >= 0.6 is 23.2 Å². The Labute approximate surface area is 188 Å². The van der Waals surface area contributed by atoms with Gasteiger partial charge in [-0.3, -0.25) is 0 Å². The molecule has 0 N–H and O–H groups in total. The molecule has 0 aliphatic carbocycles. The first-order valence-electron chi connectivity index (χ1n) is 8.85. The minimum absolute atomic E-state index is 0.152. The molecule has 3 aromatic carbocycles. The molecular weight excluding hydrogens is 481 g/mol. The van der Waals surface area contributed by atoms with Gasteiger partial charge in [0.25, 0.3) is 0 Å². The quantitative estimate of drug-likeness (QED) is 0.468. The summed E-state index contributed by atoms with van der Waals surface area (Å²) in [5, 5.41) is 1.35. The van der Waals surface area contributed by atoms with Crippen LogP contribution in [0, 0.1) is 0 Å². The SMILES string of the molecule is C[Si](C)(c1ccccc1)N(S(=O)(=O)c1ccc(Cl)cc1)S(=O)(=O)c1ccc(Cl)cc1. The van der Waals surface area contributed by atoms with E-state index >= 15 is 0 Å². The van der Waals surface area contributed by atoms with Gasteiger partial charge < -0.3 is 0 Å². The Morgan fingerprint density at radius 2 is 1.00 bits per heavy atom. The lowest BCUT2D eigenvalue weighted by atomic mass is 10.4. The Hall–Kier alpha value is -1.68. The number of hydrogen-bond acceptors (Lipinski definition) is 4. The summed E-state index contributed by atoms with van der Waals surface area (Å²) in [4.78, 5) is -0.304. The van der Waals surface area contributed by atoms with Gasteiger partial charge in [-0.15, -0.1) is 3.38 Å². The molecule has 0 bridgehead atoms. The van der Waals surface area contributed by atoms with E-state index in [1.807, 2.05) is 0 Å². The van der Waals surface area contributed by atoms with Crippen LogP contribution < -0.4 is 5.19 Å². The average Bonchev–Trinajstić information content (AvgIpc) is 2.68. The molecule has 10 heteroatoms. The Morgan fingerprint density at radius 1 is 0.633 bits per heavy atom. The highest BCUT2D eigenvalue weighted by atomic mass is 35.5. The van der Waals surface area contributed by atoms with Gasteiger partial charge in [0, 0.05) is 10.0 Å². The first kappa shape index (κ1) is 23.0. The summed E-state index contributed by atoms with van der Waals surface area (Å²) in [6, 6.07) is 19.7. The fourth-order valence-electron chi connectivity index (χ4n) is 3.09. The van der Waals surface area contributed by atoms with Crippen LogP contribution in [0.25, 0.3) is 0 Å². The Bertz CT molecular complexity index is 1170. The molecule has 0 spiro atoms. The van der Waals surface area contributed by atoms with Crippen LogP contribution in [0.2, 0.25) is 23.1 Å². The van der Waals surface area contributed by atoms with E-state index in [4.69, 9.17) is 23.2 Å². The van der Waals surface area contributed by atoms with Gasteiger partial charge in [-0.1, -0.05) is 66.6 Å². The lowest BCUT2D eigenvalue weighted by Crippen LogP contribution is -2.61. The summed E-state index contributed by atoms with van der Waals surface area (Å²) in [6.07, 6.45) is 0. The Balaban J connectivity index is 2.29. The highest BCUT2D eigenvalue weighted by Crippen LogP contribution is 2.31. The zero-order valence-electron chi connectivity index (χ0n) is 16.2. The van der Waals surface area contributed by atoms with E-state index in [9.17, 15) is 16.8 Å². The van der Waals surface area contributed by atoms with Gasteiger partial charge in [-0.2, -0.15) is 0 Å². The van der Waals surface area contributed by atoms with E-state index in [1.165, 1.54) is 48.5 Å². The summed E-state index contributed by atoms with van der Waals surface area (Å²) in [5.74, 6) is 0. The largest absolute Gasteiger partial charge is 0.250 e. The van der Waals surface area contributed by atoms with Crippen LogP contribution in [0.5, 0.6) is 0 Å². The van der Waals surface area contributed by atoms with Crippen LogP contribution in [-0.2, 0) is 20.0 Å². The lowest BCUT2D eigenvalue weighted by Gasteiger charge is -2.35. The number of nitrogens with zero attached hydrogens (tertiary/aromatic N) is 1. The highest BCUT2D eigenvalue weighted by molar-refractivity contribution is 8.06. The molecule has 0 saturated carbocycles. The van der Waals surface area contributed by atoms with Gasteiger partial charge in [0.15, 0.2) is 8.24 Å². The smallest absolute Gasteiger partial charge is 0.207 e. The highest BCUT2D eigenvalue weighted by Gasteiger charge is 2.49. The first-order chi connectivity index (χ1) is 14.0. The molecule has 0 radical (unpaired) electrons. The molecule has 0 heterocycles. The molecule has 30 heavy (non-hydrogen) atoms. The van der Waals surface area contributed by atoms with E-state index in [0.29, 0.717) is 18.6 Å². The first-order valence-corrected chi connectivity index (χ1v) is 15.4. The van der Waals surface area contributed by atoms with Gasteiger partial charge in [0.05, 0.1) is 9.79 Å². The topological polar surface area (TPSA) is 71.5 Å². The summed E-state index contributed by atoms with van der Waals surface area (Å²) >= 11 is 11.8. The predicted molar refractivity (Wildman–Crippen MR) is 123 cm³/mol. The van der Waals surface area contributed by atoms with Gasteiger partial charge in [-0.25, -0.2) is 16.8 Å². The molecule has 0 atom stereocenters. The fraction of sp³-hybridized carbons (Fsp3) is 0.100. The molecule has 0 fully saturated rings. The second kappa shape index (κ2) is 8.45. The zero-order chi connectivity index (χ0) is 22.2. The van der Waals surface area contributed by atoms with Crippen LogP contribution in [-0.4, -0.2) is 28.4 Å². The van der Waals surface area contributed by atoms with Crippen molar-refractivity contribution in [3.05, 3.63) is 88.9 Å². The maximum atomic E-state index is 13.7. The normalized spacial score (nSPS) is 12.8. The number of benzene rings is 3. The van der Waals surface area contributed by atoms with Crippen molar-refractivity contribution in [2.75, 3.05) is 0 Å². The Kier molecular flexibility index (Phi) is 6.48. The van der Waals surface area contributed by atoms with Crippen molar-refractivity contribution in [3.63, 3.8) is 0 Å². The molecule has 3 aromatic rings. The zero-order valence-corrected chi connectivity index (χ0v) is 20.3. The van der Waals surface area contributed by atoms with Crippen molar-refractivity contribution in [1.29, 1.82) is 0 Å². The van der Waals surface area contributed by atoms with Crippen molar-refractivity contribution < 1.29 is 16.8 Å². The molecule has 0 aromatic heterocycles. The number of rotatable bonds is 6. The molecule has 0 unspecified atom stereocenters. The van der Waals surface area contributed by atoms with Gasteiger partial charge >= 0.3 is 0 Å². The van der Waals surface area contributed by atoms with Gasteiger partial charge in [-0.05, 0) is 53.7 Å². The monoisotopic (exact) mass is 499 g/mol. The van der Waals surface area contributed by atoms with Crippen LogP contribution in [0.1, 0.15) is 0 Å². The van der Waals surface area contributed by atoms with Crippen LogP contribution in [0.3, 0.4) is 0 Å². The van der Waals surface area contributed by atoms with E-state index in [2.05, 4.69) is 0 Å². The second-order valence-electron chi connectivity index (χ2n) is 7.04. The van der Waals surface area contributed by atoms with Gasteiger partial charge in [0.1, 0.15) is 0 Å². The third-order valence-corrected chi connectivity index (χ3v) is 15.7. The van der Waals surface area contributed by atoms with Crippen molar-refractivity contribution >= 4 is 56.7 Å². The minimum atomic E-state index is -4.42. The Morgan fingerprint density at radius 3 is 1.37 bits per heavy atom. The van der Waals surface area contributed by atoms with Crippen molar-refractivity contribution in [3.8, 4) is 0 Å². The van der Waals surface area contributed by atoms with E-state index < -0.39 is 28.3 Å². The van der Waals surface area contributed by atoms with E-state index in [-0.39, 0.29) is 9.79 Å². The maximum absolute atomic E-state index is 13.7. The number of halogens is 2. The molecule has 0 aliphatic rings. The summed E-state index contributed by atoms with van der Waals surface area (Å²) in [7, 11) is -12.1. The molecule has 158 valence electrons. The molecular formula is C20H19Cl2NO4S2Si. The van der Waals surface area contributed by atoms with Crippen LogP contribution in [0.15, 0.2) is 88.7 Å². The fourth-order valence-corrected chi connectivity index (χ4v) is 13.5. The summed E-state index contributed by atoms with van der Waals surface area (Å²) < 4.78 is 55.3. The third-order valence-electron chi connectivity index (χ3n) is 4.60. The number of hydrogen-bond donors (Lipinski definition) is 0. The van der Waals surface area contributed by atoms with Crippen molar-refractivity contribution in [2.45, 2.75) is 22.9 Å². The summed E-state index contributed by atoms with van der Waals surface area (Å²) in [6.45, 7) is 3.37. The molecule has 3 rings (SSSR count). The van der Waals surface area contributed by atoms with Gasteiger partial charge in [0.2, 0.25) is 20.0 Å².